The molecule has 1 aliphatic heterocycles. The summed E-state index contributed by atoms with van der Waals surface area (Å²) in [4.78, 5) is 31.8. The molecule has 0 aliphatic carbocycles. The first-order chi connectivity index (χ1) is 19.9. The summed E-state index contributed by atoms with van der Waals surface area (Å²) >= 11 is 0. The minimum absolute atomic E-state index is 0. The van der Waals surface area contributed by atoms with E-state index < -0.39 is 6.03 Å². The Morgan fingerprint density at radius 3 is 2.29 bits per heavy atom. The van der Waals surface area contributed by atoms with Gasteiger partial charge in [0.2, 0.25) is 5.88 Å². The number of hydrogen-bond donors (Lipinski definition) is 3. The smallest absolute Gasteiger partial charge is 0.312 e. The summed E-state index contributed by atoms with van der Waals surface area (Å²) in [6.45, 7) is 9.45. The summed E-state index contributed by atoms with van der Waals surface area (Å²) in [5.74, 6) is 1.30. The van der Waals surface area contributed by atoms with Crippen LogP contribution in [0.5, 0.6) is 11.6 Å². The van der Waals surface area contributed by atoms with Crippen molar-refractivity contribution >= 4 is 45.5 Å². The van der Waals surface area contributed by atoms with Crippen LogP contribution in [-0.2, 0) is 13.6 Å². The molecule has 2 aromatic carbocycles. The molecule has 10 nitrogen and oxygen atoms in total. The summed E-state index contributed by atoms with van der Waals surface area (Å²) in [6, 6.07) is 21.7. The Morgan fingerprint density at radius 2 is 1.69 bits per heavy atom. The minimum atomic E-state index is -0.461. The summed E-state index contributed by atoms with van der Waals surface area (Å²) in [7, 11) is 1.95. The average molecular weight is 639 g/mol. The molecular formula is C31H40BrN7O3. The fourth-order valence-corrected chi connectivity index (χ4v) is 4.75. The van der Waals surface area contributed by atoms with E-state index in [0.717, 1.165) is 55.9 Å². The zero-order valence-corrected chi connectivity index (χ0v) is 26.1. The number of pyridine rings is 1. The first-order valence-electron chi connectivity index (χ1n) is 13.9. The SMILES string of the molecule is Br.CCNC(N)=O.CCNc1ccc(Oc2ccc3c(c2)cc(C(=O)N2CCN(Cc4ccccc4)CC2)n3C)nc1. The average Bonchev–Trinajstić information content (AvgIpc) is 3.30. The number of nitrogens with one attached hydrogen (secondary N) is 2. The Hall–Kier alpha value is -4.09. The fourth-order valence-electron chi connectivity index (χ4n) is 4.75. The predicted molar refractivity (Wildman–Crippen MR) is 173 cm³/mol. The van der Waals surface area contributed by atoms with Crippen molar-refractivity contribution in [3.05, 3.63) is 84.2 Å². The van der Waals surface area contributed by atoms with Crippen LogP contribution in [0, 0.1) is 0 Å². The number of aryl methyl sites for hydroxylation is 1. The summed E-state index contributed by atoms with van der Waals surface area (Å²) in [5, 5.41) is 6.54. The van der Waals surface area contributed by atoms with E-state index in [2.05, 4.69) is 50.5 Å². The van der Waals surface area contributed by atoms with E-state index in [1.807, 2.05) is 72.8 Å². The number of piperazine rings is 1. The molecule has 0 atom stereocenters. The van der Waals surface area contributed by atoms with Gasteiger partial charge < -0.3 is 30.6 Å². The third-order valence-electron chi connectivity index (χ3n) is 6.83. The maximum Gasteiger partial charge on any atom is 0.312 e. The quantitative estimate of drug-likeness (QED) is 0.250. The number of nitrogens with two attached hydrogens (primary N) is 1. The number of fused-ring (bicyclic) bond motifs is 1. The Labute approximate surface area is 257 Å². The second-order valence-corrected chi connectivity index (χ2v) is 9.78. The van der Waals surface area contributed by atoms with Crippen LogP contribution in [-0.4, -0.2) is 70.6 Å². The topological polar surface area (TPSA) is 118 Å². The minimum Gasteiger partial charge on any atom is -0.439 e. The summed E-state index contributed by atoms with van der Waals surface area (Å²) in [6.07, 6.45) is 1.76. The molecular weight excluding hydrogens is 598 g/mol. The monoisotopic (exact) mass is 637 g/mol. The van der Waals surface area contributed by atoms with Gasteiger partial charge in [-0.3, -0.25) is 9.69 Å². The number of halogens is 1. The standard InChI is InChI=1S/C28H31N5O2.C3H8N2O.BrH/c1-3-29-23-9-12-27(30-19-23)35-24-10-11-25-22(17-24)18-26(31(25)2)28(34)33-15-13-32(14-16-33)20-21-7-5-4-6-8-21;1-2-5-3(4)6;/h4-12,17-19,29H,3,13-16,20H2,1-2H3;2H2,1H3,(H3,4,5,6);1H. The number of hydrogen-bond acceptors (Lipinski definition) is 6. The van der Waals surface area contributed by atoms with Crippen molar-refractivity contribution in [2.24, 2.45) is 12.8 Å². The van der Waals surface area contributed by atoms with Crippen LogP contribution >= 0.6 is 17.0 Å². The number of urea groups is 1. The third kappa shape index (κ3) is 8.70. The van der Waals surface area contributed by atoms with Gasteiger partial charge in [0, 0.05) is 69.8 Å². The number of anilines is 1. The Morgan fingerprint density at radius 1 is 0.952 bits per heavy atom. The molecule has 0 radical (unpaired) electrons. The van der Waals surface area contributed by atoms with Crippen LogP contribution in [0.15, 0.2) is 72.9 Å². The predicted octanol–water partition coefficient (Wildman–Crippen LogP) is 5.01. The van der Waals surface area contributed by atoms with Crippen molar-refractivity contribution < 1.29 is 14.3 Å². The molecule has 2 aromatic heterocycles. The van der Waals surface area contributed by atoms with Gasteiger partial charge in [-0.05, 0) is 49.7 Å². The van der Waals surface area contributed by atoms with Crippen molar-refractivity contribution in [2.45, 2.75) is 20.4 Å². The molecule has 5 rings (SSSR count). The molecule has 3 heterocycles. The van der Waals surface area contributed by atoms with E-state index in [1.54, 1.807) is 6.20 Å². The molecule has 224 valence electrons. The number of nitrogens with zero attached hydrogens (tertiary/aromatic N) is 4. The second-order valence-electron chi connectivity index (χ2n) is 9.78. The Bertz CT molecular complexity index is 1440. The number of aromatic nitrogens is 2. The lowest BCUT2D eigenvalue weighted by Crippen LogP contribution is -2.48. The van der Waals surface area contributed by atoms with E-state index in [9.17, 15) is 9.59 Å². The van der Waals surface area contributed by atoms with Crippen LogP contribution < -0.4 is 21.1 Å². The van der Waals surface area contributed by atoms with Gasteiger partial charge in [0.1, 0.15) is 11.4 Å². The molecule has 0 saturated carbocycles. The van der Waals surface area contributed by atoms with Crippen LogP contribution in [0.25, 0.3) is 10.9 Å². The molecule has 11 heteroatoms. The Balaban J connectivity index is 0.000000628. The van der Waals surface area contributed by atoms with E-state index in [0.29, 0.717) is 23.9 Å². The lowest BCUT2D eigenvalue weighted by Gasteiger charge is -2.34. The van der Waals surface area contributed by atoms with Crippen LogP contribution in [0.1, 0.15) is 29.9 Å². The molecule has 1 aliphatic rings. The first-order valence-corrected chi connectivity index (χ1v) is 13.9. The Kier molecular flexibility index (Phi) is 12.2. The lowest BCUT2D eigenvalue weighted by atomic mass is 10.2. The van der Waals surface area contributed by atoms with E-state index in [1.165, 1.54) is 5.56 Å². The number of rotatable bonds is 8. The highest BCUT2D eigenvalue weighted by Gasteiger charge is 2.24. The number of carbonyl (C=O) groups excluding carboxylic acids is 2. The van der Waals surface area contributed by atoms with Crippen molar-refractivity contribution in [3.63, 3.8) is 0 Å². The van der Waals surface area contributed by atoms with E-state index in [4.69, 9.17) is 4.74 Å². The molecule has 3 amide bonds. The van der Waals surface area contributed by atoms with Gasteiger partial charge in [0.25, 0.3) is 5.91 Å². The largest absolute Gasteiger partial charge is 0.439 e. The molecule has 0 bridgehead atoms. The highest BCUT2D eigenvalue weighted by molar-refractivity contribution is 8.93. The molecule has 42 heavy (non-hydrogen) atoms. The van der Waals surface area contributed by atoms with Gasteiger partial charge in [-0.1, -0.05) is 30.3 Å². The first kappa shape index (κ1) is 32.4. The van der Waals surface area contributed by atoms with E-state index >= 15 is 0 Å². The molecule has 1 saturated heterocycles. The normalized spacial score (nSPS) is 13.0. The fraction of sp³-hybridized carbons (Fsp3) is 0.323. The molecule has 4 aromatic rings. The van der Waals surface area contributed by atoms with Gasteiger partial charge in [-0.25, -0.2) is 9.78 Å². The van der Waals surface area contributed by atoms with Gasteiger partial charge in [-0.2, -0.15) is 0 Å². The van der Waals surface area contributed by atoms with Gasteiger partial charge in [0.05, 0.1) is 11.9 Å². The summed E-state index contributed by atoms with van der Waals surface area (Å²) < 4.78 is 7.93. The van der Waals surface area contributed by atoms with Crippen LogP contribution in [0.2, 0.25) is 0 Å². The van der Waals surface area contributed by atoms with Gasteiger partial charge in [-0.15, -0.1) is 17.0 Å². The number of carbonyl (C=O) groups is 2. The maximum atomic E-state index is 13.4. The number of ether oxygens (including phenoxy) is 1. The highest BCUT2D eigenvalue weighted by atomic mass is 79.9. The van der Waals surface area contributed by atoms with Crippen LogP contribution in [0.4, 0.5) is 10.5 Å². The van der Waals surface area contributed by atoms with E-state index in [-0.39, 0.29) is 22.9 Å². The second kappa shape index (κ2) is 15.8. The summed E-state index contributed by atoms with van der Waals surface area (Å²) in [5.41, 5.74) is 8.62. The van der Waals surface area contributed by atoms with Gasteiger partial charge >= 0.3 is 6.03 Å². The third-order valence-corrected chi connectivity index (χ3v) is 6.83. The molecule has 4 N–H and O–H groups in total. The maximum absolute atomic E-state index is 13.4. The van der Waals surface area contributed by atoms with Crippen LogP contribution in [0.3, 0.4) is 0 Å². The zero-order valence-electron chi connectivity index (χ0n) is 24.4. The van der Waals surface area contributed by atoms with Crippen molar-refractivity contribution in [3.8, 4) is 11.6 Å². The zero-order chi connectivity index (χ0) is 29.2. The number of primary amides is 1. The number of benzene rings is 2. The lowest BCUT2D eigenvalue weighted by molar-refractivity contribution is 0.0619. The number of amides is 3. The molecule has 1 fully saturated rings. The van der Waals surface area contributed by atoms with Crippen molar-refractivity contribution in [1.29, 1.82) is 0 Å². The molecule has 0 spiro atoms. The molecule has 0 unspecified atom stereocenters. The van der Waals surface area contributed by atoms with Crippen molar-refractivity contribution in [2.75, 3.05) is 44.6 Å². The highest BCUT2D eigenvalue weighted by Crippen LogP contribution is 2.28. The van der Waals surface area contributed by atoms with Crippen molar-refractivity contribution in [1.82, 2.24) is 24.7 Å². The van der Waals surface area contributed by atoms with Gasteiger partial charge in [0.15, 0.2) is 0 Å².